The summed E-state index contributed by atoms with van der Waals surface area (Å²) in [6, 6.07) is 11.0. The number of hydrogen-bond acceptors (Lipinski definition) is 7. The fourth-order valence-corrected chi connectivity index (χ4v) is 3.70. The van der Waals surface area contributed by atoms with Crippen molar-refractivity contribution in [2.75, 3.05) is 25.6 Å². The van der Waals surface area contributed by atoms with Gasteiger partial charge in [0.25, 0.3) is 5.91 Å². The zero-order valence-electron chi connectivity index (χ0n) is 15.8. The summed E-state index contributed by atoms with van der Waals surface area (Å²) in [6.07, 6.45) is 0. The Kier molecular flexibility index (Phi) is 6.10. The molecule has 0 atom stereocenters. The number of nitrogens with zero attached hydrogens (tertiary/aromatic N) is 1. The molecule has 0 fully saturated rings. The van der Waals surface area contributed by atoms with Crippen molar-refractivity contribution >= 4 is 38.6 Å². The number of fused-ring (bicyclic) bond motifs is 1. The lowest BCUT2D eigenvalue weighted by atomic mass is 10.1. The first kappa shape index (κ1) is 19.6. The molecule has 7 nitrogen and oxygen atoms in total. The first-order valence-corrected chi connectivity index (χ1v) is 9.37. The van der Waals surface area contributed by atoms with Crippen molar-refractivity contribution in [2.24, 2.45) is 0 Å². The van der Waals surface area contributed by atoms with Crippen LogP contribution in [0.2, 0.25) is 0 Å². The summed E-state index contributed by atoms with van der Waals surface area (Å²) in [4.78, 5) is 28.3. The number of anilines is 1. The molecule has 1 amide bonds. The van der Waals surface area contributed by atoms with Crippen molar-refractivity contribution in [3.8, 4) is 11.5 Å². The smallest absolute Gasteiger partial charge is 0.344 e. The molecule has 0 bridgehead atoms. The van der Waals surface area contributed by atoms with E-state index in [0.717, 1.165) is 21.3 Å². The average Bonchev–Trinajstić information content (AvgIpc) is 3.07. The number of aryl methyl sites for hydroxylation is 2. The highest BCUT2D eigenvalue weighted by molar-refractivity contribution is 7.22. The fourth-order valence-electron chi connectivity index (χ4n) is 2.64. The van der Waals surface area contributed by atoms with Gasteiger partial charge in [0.05, 0.1) is 17.3 Å². The number of para-hydroxylation sites is 2. The molecule has 0 saturated heterocycles. The second kappa shape index (κ2) is 8.71. The standard InChI is InChI=1S/C20H20N2O5S/c1-12-8-13(2)19-16(9-12)28-20(22-19)21-17(23)10-27-18(24)11-26-15-7-5-4-6-14(15)25-3/h4-9H,10-11H2,1-3H3,(H,21,22,23). The van der Waals surface area contributed by atoms with Crippen molar-refractivity contribution in [1.82, 2.24) is 4.98 Å². The van der Waals surface area contributed by atoms with Crippen LogP contribution in [0.5, 0.6) is 11.5 Å². The molecule has 0 unspecified atom stereocenters. The van der Waals surface area contributed by atoms with Gasteiger partial charge in [0.2, 0.25) is 0 Å². The topological polar surface area (TPSA) is 86.8 Å². The minimum absolute atomic E-state index is 0.326. The number of nitrogens with one attached hydrogen (secondary N) is 1. The summed E-state index contributed by atoms with van der Waals surface area (Å²) in [6.45, 7) is 3.25. The summed E-state index contributed by atoms with van der Waals surface area (Å²) in [5, 5.41) is 3.12. The lowest BCUT2D eigenvalue weighted by Crippen LogP contribution is -2.23. The van der Waals surface area contributed by atoms with Gasteiger partial charge in [-0.1, -0.05) is 29.5 Å². The Morgan fingerprint density at radius 2 is 1.86 bits per heavy atom. The molecule has 0 spiro atoms. The van der Waals surface area contributed by atoms with Gasteiger partial charge < -0.3 is 14.2 Å². The van der Waals surface area contributed by atoms with Crippen molar-refractivity contribution in [3.63, 3.8) is 0 Å². The number of aromatic nitrogens is 1. The van der Waals surface area contributed by atoms with Crippen LogP contribution in [0, 0.1) is 13.8 Å². The number of rotatable bonds is 7. The molecule has 0 saturated carbocycles. The molecule has 1 N–H and O–H groups in total. The molecule has 2 aromatic carbocycles. The van der Waals surface area contributed by atoms with Gasteiger partial charge in [-0.05, 0) is 43.2 Å². The molecule has 3 aromatic rings. The average molecular weight is 400 g/mol. The van der Waals surface area contributed by atoms with Gasteiger partial charge in [0.1, 0.15) is 0 Å². The highest BCUT2D eigenvalue weighted by Gasteiger charge is 2.13. The predicted molar refractivity (Wildman–Crippen MR) is 107 cm³/mol. The number of ether oxygens (including phenoxy) is 3. The van der Waals surface area contributed by atoms with Crippen LogP contribution >= 0.6 is 11.3 Å². The number of hydrogen-bond donors (Lipinski definition) is 1. The fraction of sp³-hybridized carbons (Fsp3) is 0.250. The Bertz CT molecular complexity index is 1010. The van der Waals surface area contributed by atoms with Crippen LogP contribution in [-0.2, 0) is 14.3 Å². The number of amides is 1. The van der Waals surface area contributed by atoms with Crippen LogP contribution in [0.3, 0.4) is 0 Å². The van der Waals surface area contributed by atoms with Gasteiger partial charge in [0.15, 0.2) is 29.8 Å². The maximum absolute atomic E-state index is 12.0. The SMILES string of the molecule is COc1ccccc1OCC(=O)OCC(=O)Nc1nc2c(C)cc(C)cc2s1. The lowest BCUT2D eigenvalue weighted by molar-refractivity contribution is -0.149. The molecule has 0 radical (unpaired) electrons. The zero-order valence-corrected chi connectivity index (χ0v) is 16.6. The van der Waals surface area contributed by atoms with Gasteiger partial charge in [-0.15, -0.1) is 0 Å². The zero-order chi connectivity index (χ0) is 20.1. The Labute approximate surface area is 166 Å². The van der Waals surface area contributed by atoms with E-state index < -0.39 is 18.5 Å². The van der Waals surface area contributed by atoms with E-state index in [1.54, 1.807) is 24.3 Å². The highest BCUT2D eigenvalue weighted by Crippen LogP contribution is 2.29. The molecular weight excluding hydrogens is 380 g/mol. The third-order valence-corrected chi connectivity index (χ3v) is 4.77. The van der Waals surface area contributed by atoms with Gasteiger partial charge in [-0.2, -0.15) is 0 Å². The van der Waals surface area contributed by atoms with Crippen molar-refractivity contribution in [2.45, 2.75) is 13.8 Å². The first-order valence-electron chi connectivity index (χ1n) is 8.55. The molecule has 146 valence electrons. The molecule has 0 aliphatic carbocycles. The Balaban J connectivity index is 1.50. The first-order chi connectivity index (χ1) is 13.5. The second-order valence-corrected chi connectivity index (χ2v) is 7.13. The second-order valence-electron chi connectivity index (χ2n) is 6.10. The number of carbonyl (C=O) groups excluding carboxylic acids is 2. The van der Waals surface area contributed by atoms with E-state index in [2.05, 4.69) is 10.3 Å². The van der Waals surface area contributed by atoms with Crippen LogP contribution in [-0.4, -0.2) is 37.2 Å². The van der Waals surface area contributed by atoms with Crippen LogP contribution in [0.25, 0.3) is 10.2 Å². The number of carbonyl (C=O) groups is 2. The van der Waals surface area contributed by atoms with E-state index >= 15 is 0 Å². The van der Waals surface area contributed by atoms with Crippen molar-refractivity contribution in [3.05, 3.63) is 47.5 Å². The summed E-state index contributed by atoms with van der Waals surface area (Å²) in [5.74, 6) is -0.183. The van der Waals surface area contributed by atoms with Crippen LogP contribution in [0.4, 0.5) is 5.13 Å². The normalized spacial score (nSPS) is 10.5. The maximum Gasteiger partial charge on any atom is 0.344 e. The van der Waals surface area contributed by atoms with E-state index in [9.17, 15) is 9.59 Å². The van der Waals surface area contributed by atoms with E-state index in [4.69, 9.17) is 14.2 Å². The Hall–Kier alpha value is -3.13. The molecule has 3 rings (SSSR count). The maximum atomic E-state index is 12.0. The minimum Gasteiger partial charge on any atom is -0.493 e. The van der Waals surface area contributed by atoms with Crippen molar-refractivity contribution < 1.29 is 23.8 Å². The lowest BCUT2D eigenvalue weighted by Gasteiger charge is -2.09. The molecule has 1 aromatic heterocycles. The van der Waals surface area contributed by atoms with Gasteiger partial charge in [-0.3, -0.25) is 10.1 Å². The third kappa shape index (κ3) is 4.77. The molecule has 1 heterocycles. The number of benzene rings is 2. The summed E-state index contributed by atoms with van der Waals surface area (Å²) >= 11 is 1.38. The Morgan fingerprint density at radius 1 is 1.11 bits per heavy atom. The summed E-state index contributed by atoms with van der Waals surface area (Å²) in [7, 11) is 1.51. The highest BCUT2D eigenvalue weighted by atomic mass is 32.1. The Morgan fingerprint density at radius 3 is 2.61 bits per heavy atom. The monoisotopic (exact) mass is 400 g/mol. The molecule has 8 heteroatoms. The van der Waals surface area contributed by atoms with Crippen LogP contribution in [0.1, 0.15) is 11.1 Å². The van der Waals surface area contributed by atoms with Gasteiger partial charge >= 0.3 is 5.97 Å². The minimum atomic E-state index is -0.656. The molecule has 28 heavy (non-hydrogen) atoms. The van der Waals surface area contributed by atoms with Gasteiger partial charge in [0, 0.05) is 0 Å². The predicted octanol–water partition coefficient (Wildman–Crippen LogP) is 3.48. The van der Waals surface area contributed by atoms with Crippen molar-refractivity contribution in [1.29, 1.82) is 0 Å². The number of methoxy groups -OCH3 is 1. The largest absolute Gasteiger partial charge is 0.493 e. The van der Waals surface area contributed by atoms with Crippen LogP contribution in [0.15, 0.2) is 36.4 Å². The van der Waals surface area contributed by atoms with E-state index in [0.29, 0.717) is 16.6 Å². The third-order valence-electron chi connectivity index (χ3n) is 3.86. The molecule has 0 aliphatic heterocycles. The van der Waals surface area contributed by atoms with E-state index in [-0.39, 0.29) is 6.61 Å². The van der Waals surface area contributed by atoms with E-state index in [1.807, 2.05) is 26.0 Å². The van der Waals surface area contributed by atoms with Crippen LogP contribution < -0.4 is 14.8 Å². The number of thiazole rings is 1. The van der Waals surface area contributed by atoms with Gasteiger partial charge in [-0.25, -0.2) is 9.78 Å². The quantitative estimate of drug-likeness (QED) is 0.611. The van der Waals surface area contributed by atoms with E-state index in [1.165, 1.54) is 18.4 Å². The number of esters is 1. The molecule has 0 aliphatic rings. The summed E-state index contributed by atoms with van der Waals surface area (Å²) < 4.78 is 16.4. The summed E-state index contributed by atoms with van der Waals surface area (Å²) in [5.41, 5.74) is 3.04. The molecular formula is C20H20N2O5S.